The van der Waals surface area contributed by atoms with Gasteiger partial charge in [-0.3, -0.25) is 19.1 Å². The maximum absolute atomic E-state index is 12.8. The predicted octanol–water partition coefficient (Wildman–Crippen LogP) is 1.85. The Bertz CT molecular complexity index is 1090. The van der Waals surface area contributed by atoms with Gasteiger partial charge < -0.3 is 9.64 Å². The summed E-state index contributed by atoms with van der Waals surface area (Å²) in [6.07, 6.45) is 0.129. The molecule has 2 aromatic rings. The van der Waals surface area contributed by atoms with E-state index in [2.05, 4.69) is 4.72 Å². The van der Waals surface area contributed by atoms with E-state index in [-0.39, 0.29) is 40.8 Å². The quantitative estimate of drug-likeness (QED) is 0.699. The third-order valence-electron chi connectivity index (χ3n) is 4.54. The second-order valence-corrected chi connectivity index (χ2v) is 8.52. The van der Waals surface area contributed by atoms with E-state index in [1.807, 2.05) is 0 Å². The largest absolute Gasteiger partial charge is 0.495 e. The minimum Gasteiger partial charge on any atom is -0.495 e. The molecule has 0 atom stereocenters. The molecule has 1 N–H and O–H groups in total. The molecular weight excluding hydrogens is 410 g/mol. The van der Waals surface area contributed by atoms with Gasteiger partial charge in [-0.1, -0.05) is 0 Å². The highest BCUT2D eigenvalue weighted by atomic mass is 32.2. The molecule has 0 aromatic heterocycles. The van der Waals surface area contributed by atoms with Crippen LogP contribution in [0.2, 0.25) is 0 Å². The molecule has 9 nitrogen and oxygen atoms in total. The highest BCUT2D eigenvalue weighted by Gasteiger charge is 2.33. The highest BCUT2D eigenvalue weighted by Crippen LogP contribution is 2.34. The first-order valence-corrected chi connectivity index (χ1v) is 10.5. The van der Waals surface area contributed by atoms with E-state index < -0.39 is 21.8 Å². The normalized spacial score (nSPS) is 14.0. The maximum atomic E-state index is 12.8. The summed E-state index contributed by atoms with van der Waals surface area (Å²) in [5.74, 6) is -0.822. The Morgan fingerprint density at radius 2 is 1.63 bits per heavy atom. The average molecular weight is 431 g/mol. The molecule has 0 unspecified atom stereocenters. The summed E-state index contributed by atoms with van der Waals surface area (Å²) in [5, 5.41) is 0. The number of benzene rings is 2. The third kappa shape index (κ3) is 4.13. The SMILES string of the molecule is COc1ccc(S(=O)(=O)Nc2ccc(C(=O)N(C)C)cc2)cc1N1C(=O)CCC1=O. The number of amides is 3. The fourth-order valence-electron chi connectivity index (χ4n) is 3.01. The molecule has 30 heavy (non-hydrogen) atoms. The first kappa shape index (κ1) is 21.3. The topological polar surface area (TPSA) is 113 Å². The van der Waals surface area contributed by atoms with Gasteiger partial charge in [0.25, 0.3) is 15.9 Å². The van der Waals surface area contributed by atoms with E-state index in [9.17, 15) is 22.8 Å². The van der Waals surface area contributed by atoms with E-state index in [0.29, 0.717) is 5.56 Å². The lowest BCUT2D eigenvalue weighted by Gasteiger charge is -2.18. The number of carbonyl (C=O) groups excluding carboxylic acids is 3. The number of nitrogens with one attached hydrogen (secondary N) is 1. The summed E-state index contributed by atoms with van der Waals surface area (Å²) < 4.78 is 33.3. The van der Waals surface area contributed by atoms with Crippen LogP contribution < -0.4 is 14.4 Å². The Kier molecular flexibility index (Phi) is 5.79. The number of nitrogens with zero attached hydrogens (tertiary/aromatic N) is 2. The maximum Gasteiger partial charge on any atom is 0.261 e. The molecule has 0 aliphatic carbocycles. The van der Waals surface area contributed by atoms with Gasteiger partial charge in [0.05, 0.1) is 17.7 Å². The Hall–Kier alpha value is -3.40. The molecule has 3 rings (SSSR count). The number of ether oxygens (including phenoxy) is 1. The zero-order chi connectivity index (χ0) is 22.1. The molecule has 3 amide bonds. The number of imide groups is 1. The van der Waals surface area contributed by atoms with Crippen molar-refractivity contribution >= 4 is 39.1 Å². The molecule has 158 valence electrons. The molecule has 1 saturated heterocycles. The van der Waals surface area contributed by atoms with Crippen LogP contribution >= 0.6 is 0 Å². The molecular formula is C20H21N3O6S. The molecule has 1 heterocycles. The van der Waals surface area contributed by atoms with Gasteiger partial charge in [0, 0.05) is 38.2 Å². The first-order chi connectivity index (χ1) is 14.1. The van der Waals surface area contributed by atoms with E-state index >= 15 is 0 Å². The van der Waals surface area contributed by atoms with Gasteiger partial charge in [-0.2, -0.15) is 0 Å². The number of rotatable bonds is 6. The summed E-state index contributed by atoms with van der Waals surface area (Å²) in [4.78, 5) is 38.4. The van der Waals surface area contributed by atoms with Crippen LogP contribution in [-0.4, -0.2) is 52.2 Å². The van der Waals surface area contributed by atoms with E-state index in [1.54, 1.807) is 14.1 Å². The molecule has 1 fully saturated rings. The summed E-state index contributed by atoms with van der Waals surface area (Å²) in [6, 6.07) is 9.92. The van der Waals surface area contributed by atoms with Crippen molar-refractivity contribution in [3.8, 4) is 5.75 Å². The van der Waals surface area contributed by atoms with Crippen molar-refractivity contribution in [3.63, 3.8) is 0 Å². The fourth-order valence-corrected chi connectivity index (χ4v) is 4.09. The predicted molar refractivity (Wildman–Crippen MR) is 110 cm³/mol. The fraction of sp³-hybridized carbons (Fsp3) is 0.250. The van der Waals surface area contributed by atoms with Crippen LogP contribution in [0, 0.1) is 0 Å². The Balaban J connectivity index is 1.91. The summed E-state index contributed by atoms with van der Waals surface area (Å²) in [5.41, 5.74) is 0.761. The van der Waals surface area contributed by atoms with E-state index in [1.165, 1.54) is 54.5 Å². The number of carbonyl (C=O) groups is 3. The van der Waals surface area contributed by atoms with Crippen LogP contribution in [0.1, 0.15) is 23.2 Å². The molecule has 0 saturated carbocycles. The molecule has 0 radical (unpaired) electrons. The second-order valence-electron chi connectivity index (χ2n) is 6.84. The zero-order valence-corrected chi connectivity index (χ0v) is 17.5. The van der Waals surface area contributed by atoms with Crippen molar-refractivity contribution in [2.45, 2.75) is 17.7 Å². The number of hydrogen-bond acceptors (Lipinski definition) is 6. The molecule has 10 heteroatoms. The van der Waals surface area contributed by atoms with Gasteiger partial charge in [-0.05, 0) is 42.5 Å². The lowest BCUT2D eigenvalue weighted by molar-refractivity contribution is -0.121. The van der Waals surface area contributed by atoms with Gasteiger partial charge in [0.1, 0.15) is 5.75 Å². The van der Waals surface area contributed by atoms with Gasteiger partial charge >= 0.3 is 0 Å². The Morgan fingerprint density at radius 3 is 2.17 bits per heavy atom. The second kappa shape index (κ2) is 8.15. The standard InChI is InChI=1S/C20H21N3O6S/c1-22(2)20(26)13-4-6-14(7-5-13)21-30(27,28)15-8-9-17(29-3)16(12-15)23-18(24)10-11-19(23)25/h4-9,12,21H,10-11H2,1-3H3. The monoisotopic (exact) mass is 431 g/mol. The number of anilines is 2. The van der Waals surface area contributed by atoms with Crippen LogP contribution in [-0.2, 0) is 19.6 Å². The van der Waals surface area contributed by atoms with Crippen LogP contribution in [0.4, 0.5) is 11.4 Å². The number of sulfonamides is 1. The lowest BCUT2D eigenvalue weighted by Crippen LogP contribution is -2.29. The smallest absolute Gasteiger partial charge is 0.261 e. The third-order valence-corrected chi connectivity index (χ3v) is 5.92. The molecule has 1 aliphatic rings. The lowest BCUT2D eigenvalue weighted by atomic mass is 10.2. The summed E-state index contributed by atoms with van der Waals surface area (Å²) in [7, 11) is 0.585. The van der Waals surface area contributed by atoms with Crippen molar-refractivity contribution < 1.29 is 27.5 Å². The van der Waals surface area contributed by atoms with Gasteiger partial charge in [0.15, 0.2) is 0 Å². The first-order valence-electron chi connectivity index (χ1n) is 9.02. The van der Waals surface area contributed by atoms with Gasteiger partial charge in [-0.15, -0.1) is 0 Å². The van der Waals surface area contributed by atoms with Crippen molar-refractivity contribution in [3.05, 3.63) is 48.0 Å². The van der Waals surface area contributed by atoms with Crippen LogP contribution in [0.25, 0.3) is 0 Å². The molecule has 0 spiro atoms. The van der Waals surface area contributed by atoms with Crippen molar-refractivity contribution in [1.82, 2.24) is 4.90 Å². The van der Waals surface area contributed by atoms with E-state index in [4.69, 9.17) is 4.74 Å². The number of methoxy groups -OCH3 is 1. The van der Waals surface area contributed by atoms with Crippen molar-refractivity contribution in [2.75, 3.05) is 30.8 Å². The van der Waals surface area contributed by atoms with Crippen LogP contribution in [0.5, 0.6) is 5.75 Å². The average Bonchev–Trinajstić information content (AvgIpc) is 3.05. The van der Waals surface area contributed by atoms with Gasteiger partial charge in [-0.25, -0.2) is 13.3 Å². The Labute approximate surface area is 174 Å². The summed E-state index contributed by atoms with van der Waals surface area (Å²) >= 11 is 0. The van der Waals surface area contributed by atoms with Crippen molar-refractivity contribution in [2.24, 2.45) is 0 Å². The number of hydrogen-bond donors (Lipinski definition) is 1. The van der Waals surface area contributed by atoms with Crippen LogP contribution in [0.15, 0.2) is 47.4 Å². The minimum absolute atomic E-state index is 0.0647. The van der Waals surface area contributed by atoms with E-state index in [0.717, 1.165) is 4.90 Å². The van der Waals surface area contributed by atoms with Gasteiger partial charge in [0.2, 0.25) is 11.8 Å². The minimum atomic E-state index is -4.02. The molecule has 1 aliphatic heterocycles. The molecule has 2 aromatic carbocycles. The summed E-state index contributed by atoms with van der Waals surface area (Å²) in [6.45, 7) is 0. The van der Waals surface area contributed by atoms with Crippen molar-refractivity contribution in [1.29, 1.82) is 0 Å². The highest BCUT2D eigenvalue weighted by molar-refractivity contribution is 7.92. The molecule has 0 bridgehead atoms. The zero-order valence-electron chi connectivity index (χ0n) is 16.7. The van der Waals surface area contributed by atoms with Crippen LogP contribution in [0.3, 0.4) is 0 Å². The Morgan fingerprint density at radius 1 is 1.03 bits per heavy atom.